The second kappa shape index (κ2) is 8.08. The van der Waals surface area contributed by atoms with E-state index in [0.717, 1.165) is 12.2 Å². The zero-order valence-electron chi connectivity index (χ0n) is 12.6. The number of ether oxygens (including phenoxy) is 1. The Labute approximate surface area is 122 Å². The number of rotatable bonds is 7. The molecule has 0 bridgehead atoms. The van der Waals surface area contributed by atoms with E-state index in [2.05, 4.69) is 47.7 Å². The fourth-order valence-corrected chi connectivity index (χ4v) is 2.49. The number of likely N-dealkylation sites (N-methyl/N-ethyl adjacent to an activating group) is 1. The first-order chi connectivity index (χ1) is 9.78. The summed E-state index contributed by atoms with van der Waals surface area (Å²) in [7, 11) is 2.20. The van der Waals surface area contributed by atoms with Crippen molar-refractivity contribution < 1.29 is 4.74 Å². The molecule has 1 aromatic rings. The van der Waals surface area contributed by atoms with Gasteiger partial charge in [0.05, 0.1) is 0 Å². The summed E-state index contributed by atoms with van der Waals surface area (Å²) in [6.45, 7) is 10.3. The molecule has 3 heteroatoms. The van der Waals surface area contributed by atoms with Crippen LogP contribution >= 0.6 is 0 Å². The van der Waals surface area contributed by atoms with Gasteiger partial charge in [-0.25, -0.2) is 0 Å². The third-order valence-electron chi connectivity index (χ3n) is 3.83. The van der Waals surface area contributed by atoms with E-state index in [4.69, 9.17) is 4.74 Å². The lowest BCUT2D eigenvalue weighted by Gasteiger charge is -2.32. The topological polar surface area (TPSA) is 15.7 Å². The molecule has 1 saturated heterocycles. The van der Waals surface area contributed by atoms with E-state index >= 15 is 0 Å². The van der Waals surface area contributed by atoms with Crippen LogP contribution < -0.4 is 4.74 Å². The van der Waals surface area contributed by atoms with Crippen molar-refractivity contribution in [3.8, 4) is 5.75 Å². The zero-order valence-corrected chi connectivity index (χ0v) is 12.6. The quantitative estimate of drug-likeness (QED) is 0.710. The lowest BCUT2D eigenvalue weighted by Crippen LogP contribution is -2.44. The van der Waals surface area contributed by atoms with Crippen LogP contribution in [-0.4, -0.2) is 56.2 Å². The van der Waals surface area contributed by atoms with E-state index in [-0.39, 0.29) is 0 Å². The smallest absolute Gasteiger partial charge is 0.119 e. The van der Waals surface area contributed by atoms with Crippen LogP contribution in [0.3, 0.4) is 0 Å². The number of benzene rings is 1. The molecule has 2 rings (SSSR count). The highest BCUT2D eigenvalue weighted by atomic mass is 16.5. The molecule has 0 amide bonds. The van der Waals surface area contributed by atoms with E-state index in [1.54, 1.807) is 6.08 Å². The molecule has 1 aliphatic heterocycles. The van der Waals surface area contributed by atoms with E-state index in [9.17, 15) is 0 Å². The van der Waals surface area contributed by atoms with Gasteiger partial charge in [0.1, 0.15) is 12.4 Å². The number of hydrogen-bond acceptors (Lipinski definition) is 3. The zero-order chi connectivity index (χ0) is 14.2. The van der Waals surface area contributed by atoms with Gasteiger partial charge in [-0.1, -0.05) is 24.8 Å². The van der Waals surface area contributed by atoms with E-state index in [1.165, 1.54) is 44.7 Å². The number of aryl methyl sites for hydroxylation is 1. The molecule has 20 heavy (non-hydrogen) atoms. The van der Waals surface area contributed by atoms with Crippen molar-refractivity contribution in [3.63, 3.8) is 0 Å². The first kappa shape index (κ1) is 15.1. The first-order valence-electron chi connectivity index (χ1n) is 7.51. The summed E-state index contributed by atoms with van der Waals surface area (Å²) in [5.41, 5.74) is 1.39. The molecule has 110 valence electrons. The Morgan fingerprint density at radius 2 is 1.85 bits per heavy atom. The monoisotopic (exact) mass is 274 g/mol. The van der Waals surface area contributed by atoms with Crippen LogP contribution in [0, 0.1) is 0 Å². The van der Waals surface area contributed by atoms with Gasteiger partial charge >= 0.3 is 0 Å². The summed E-state index contributed by atoms with van der Waals surface area (Å²) >= 11 is 0. The largest absolute Gasteiger partial charge is 0.490 e. The molecular weight excluding hydrogens is 248 g/mol. The maximum Gasteiger partial charge on any atom is 0.119 e. The van der Waals surface area contributed by atoms with Crippen molar-refractivity contribution >= 4 is 0 Å². The van der Waals surface area contributed by atoms with Gasteiger partial charge in [-0.15, -0.1) is 0 Å². The van der Waals surface area contributed by atoms with Crippen LogP contribution in [0.15, 0.2) is 36.9 Å². The summed E-state index contributed by atoms with van der Waals surface area (Å²) < 4.78 is 5.49. The summed E-state index contributed by atoms with van der Waals surface area (Å²) in [6, 6.07) is 8.44. The summed E-state index contributed by atoms with van der Waals surface area (Å²) in [5.74, 6) is 0.924. The van der Waals surface area contributed by atoms with Crippen LogP contribution in [-0.2, 0) is 6.42 Å². The van der Waals surface area contributed by atoms with Gasteiger partial charge in [-0.3, -0.25) is 0 Å². The standard InChI is InChI=1S/C17H26N2O/c1-3-15-20-17-8-6-16(7-9-17)5-4-10-19-13-11-18(2)12-14-19/h3,6-9H,1,4-5,10-15H2,2H3. The normalized spacial score (nSPS) is 17.1. The third-order valence-corrected chi connectivity index (χ3v) is 3.83. The lowest BCUT2D eigenvalue weighted by atomic mass is 10.1. The van der Waals surface area contributed by atoms with Gasteiger partial charge in [-0.2, -0.15) is 0 Å². The maximum atomic E-state index is 5.49. The predicted octanol–water partition coefficient (Wildman–Crippen LogP) is 2.43. The van der Waals surface area contributed by atoms with Crippen molar-refractivity contribution in [2.24, 2.45) is 0 Å². The molecule has 0 atom stereocenters. The van der Waals surface area contributed by atoms with E-state index < -0.39 is 0 Å². The second-order valence-electron chi connectivity index (χ2n) is 5.49. The Morgan fingerprint density at radius 3 is 2.50 bits per heavy atom. The van der Waals surface area contributed by atoms with Gasteiger partial charge in [0, 0.05) is 26.2 Å². The van der Waals surface area contributed by atoms with Crippen molar-refractivity contribution in [1.82, 2.24) is 9.80 Å². The molecule has 3 nitrogen and oxygen atoms in total. The molecule has 1 aromatic carbocycles. The SMILES string of the molecule is C=CCOc1ccc(CCCN2CCN(C)CC2)cc1. The summed E-state index contributed by atoms with van der Waals surface area (Å²) in [6.07, 6.45) is 4.15. The van der Waals surface area contributed by atoms with Crippen LogP contribution in [0.4, 0.5) is 0 Å². The first-order valence-corrected chi connectivity index (χ1v) is 7.51. The fraction of sp³-hybridized carbons (Fsp3) is 0.529. The average Bonchev–Trinajstić information content (AvgIpc) is 2.48. The Hall–Kier alpha value is -1.32. The minimum Gasteiger partial charge on any atom is -0.490 e. The number of hydrogen-bond donors (Lipinski definition) is 0. The van der Waals surface area contributed by atoms with Crippen molar-refractivity contribution in [2.75, 3.05) is 46.4 Å². The molecule has 1 fully saturated rings. The van der Waals surface area contributed by atoms with Crippen molar-refractivity contribution in [3.05, 3.63) is 42.5 Å². The van der Waals surface area contributed by atoms with Gasteiger partial charge in [0.2, 0.25) is 0 Å². The molecule has 0 N–H and O–H groups in total. The lowest BCUT2D eigenvalue weighted by molar-refractivity contribution is 0.153. The minimum absolute atomic E-state index is 0.572. The molecule has 0 aliphatic carbocycles. The Balaban J connectivity index is 1.67. The van der Waals surface area contributed by atoms with E-state index in [0.29, 0.717) is 6.61 Å². The van der Waals surface area contributed by atoms with Gasteiger partial charge in [-0.05, 0) is 44.1 Å². The van der Waals surface area contributed by atoms with Crippen LogP contribution in [0.5, 0.6) is 5.75 Å². The summed E-state index contributed by atoms with van der Waals surface area (Å²) in [5, 5.41) is 0. The summed E-state index contributed by atoms with van der Waals surface area (Å²) in [4.78, 5) is 4.97. The Kier molecular flexibility index (Phi) is 6.09. The highest BCUT2D eigenvalue weighted by Gasteiger charge is 2.12. The maximum absolute atomic E-state index is 5.49. The van der Waals surface area contributed by atoms with E-state index in [1.807, 2.05) is 0 Å². The Morgan fingerprint density at radius 1 is 1.15 bits per heavy atom. The van der Waals surface area contributed by atoms with Gasteiger partial charge in [0.25, 0.3) is 0 Å². The van der Waals surface area contributed by atoms with Crippen molar-refractivity contribution in [2.45, 2.75) is 12.8 Å². The molecular formula is C17H26N2O. The third kappa shape index (κ3) is 4.99. The molecule has 0 unspecified atom stereocenters. The predicted molar refractivity (Wildman–Crippen MR) is 84.4 cm³/mol. The second-order valence-corrected chi connectivity index (χ2v) is 5.49. The average molecular weight is 274 g/mol. The Bertz CT molecular complexity index is 394. The van der Waals surface area contributed by atoms with Crippen LogP contribution in [0.25, 0.3) is 0 Å². The number of nitrogens with zero attached hydrogens (tertiary/aromatic N) is 2. The molecule has 0 radical (unpaired) electrons. The molecule has 0 aromatic heterocycles. The molecule has 1 heterocycles. The van der Waals surface area contributed by atoms with Gasteiger partial charge < -0.3 is 14.5 Å². The van der Waals surface area contributed by atoms with Crippen LogP contribution in [0.2, 0.25) is 0 Å². The highest BCUT2D eigenvalue weighted by molar-refractivity contribution is 5.27. The molecule has 0 spiro atoms. The minimum atomic E-state index is 0.572. The molecule has 1 aliphatic rings. The van der Waals surface area contributed by atoms with Crippen LogP contribution in [0.1, 0.15) is 12.0 Å². The van der Waals surface area contributed by atoms with Gasteiger partial charge in [0.15, 0.2) is 0 Å². The van der Waals surface area contributed by atoms with Crippen molar-refractivity contribution in [1.29, 1.82) is 0 Å². The number of piperazine rings is 1. The molecule has 0 saturated carbocycles. The highest BCUT2D eigenvalue weighted by Crippen LogP contribution is 2.13. The fourth-order valence-electron chi connectivity index (χ4n) is 2.49.